The van der Waals surface area contributed by atoms with Crippen molar-refractivity contribution in [3.8, 4) is 0 Å². The monoisotopic (exact) mass is 296 g/mol. The van der Waals surface area contributed by atoms with Crippen LogP contribution in [0.2, 0.25) is 10.0 Å². The predicted molar refractivity (Wildman–Crippen MR) is 71.6 cm³/mol. The second-order valence-electron chi connectivity index (χ2n) is 3.62. The van der Waals surface area contributed by atoms with E-state index in [9.17, 15) is 0 Å². The SMILES string of the molecule is Nc1nc2nonc2nc1Nc1cc(Cl)ccc1Cl. The Morgan fingerprint density at radius 2 is 1.84 bits per heavy atom. The number of halogens is 2. The number of nitrogens with two attached hydrogens (primary N) is 1. The van der Waals surface area contributed by atoms with Gasteiger partial charge in [-0.2, -0.15) is 0 Å². The van der Waals surface area contributed by atoms with E-state index in [0.717, 1.165) is 0 Å². The van der Waals surface area contributed by atoms with E-state index in [0.29, 0.717) is 21.6 Å². The molecule has 0 amide bonds. The topological polar surface area (TPSA) is 103 Å². The number of anilines is 3. The zero-order valence-electron chi connectivity index (χ0n) is 9.26. The quantitative estimate of drug-likeness (QED) is 0.749. The lowest BCUT2D eigenvalue weighted by atomic mass is 10.3. The van der Waals surface area contributed by atoms with Crippen LogP contribution in [0.3, 0.4) is 0 Å². The van der Waals surface area contributed by atoms with E-state index in [4.69, 9.17) is 28.9 Å². The fourth-order valence-electron chi connectivity index (χ4n) is 1.46. The summed E-state index contributed by atoms with van der Waals surface area (Å²) in [6.07, 6.45) is 0. The third-order valence-corrected chi connectivity index (χ3v) is 2.89. The molecule has 3 aromatic rings. The van der Waals surface area contributed by atoms with Crippen molar-refractivity contribution in [2.24, 2.45) is 0 Å². The molecule has 96 valence electrons. The van der Waals surface area contributed by atoms with Crippen molar-refractivity contribution in [2.75, 3.05) is 11.1 Å². The van der Waals surface area contributed by atoms with Crippen LogP contribution in [0.4, 0.5) is 17.3 Å². The van der Waals surface area contributed by atoms with Gasteiger partial charge in [0.05, 0.1) is 10.7 Å². The molecule has 0 aliphatic carbocycles. The van der Waals surface area contributed by atoms with Gasteiger partial charge in [-0.25, -0.2) is 14.6 Å². The summed E-state index contributed by atoms with van der Waals surface area (Å²) in [6.45, 7) is 0. The minimum absolute atomic E-state index is 0.152. The summed E-state index contributed by atoms with van der Waals surface area (Å²) in [6, 6.07) is 4.98. The second kappa shape index (κ2) is 4.52. The van der Waals surface area contributed by atoms with Crippen LogP contribution >= 0.6 is 23.2 Å². The predicted octanol–water partition coefficient (Wildman–Crippen LogP) is 2.65. The molecule has 9 heteroatoms. The first-order valence-electron chi connectivity index (χ1n) is 5.11. The smallest absolute Gasteiger partial charge is 0.245 e. The molecule has 2 heterocycles. The van der Waals surface area contributed by atoms with Crippen LogP contribution in [0.5, 0.6) is 0 Å². The molecule has 19 heavy (non-hydrogen) atoms. The van der Waals surface area contributed by atoms with Crippen molar-refractivity contribution in [3.63, 3.8) is 0 Å². The molecule has 0 unspecified atom stereocenters. The van der Waals surface area contributed by atoms with Gasteiger partial charge in [-0.05, 0) is 28.5 Å². The van der Waals surface area contributed by atoms with Gasteiger partial charge in [-0.15, -0.1) is 0 Å². The number of benzene rings is 1. The number of rotatable bonds is 2. The molecule has 0 radical (unpaired) electrons. The lowest BCUT2D eigenvalue weighted by Gasteiger charge is -2.08. The second-order valence-corrected chi connectivity index (χ2v) is 4.46. The molecule has 3 N–H and O–H groups in total. The molecule has 2 aromatic heterocycles. The Bertz CT molecular complexity index is 759. The third-order valence-electron chi connectivity index (χ3n) is 2.32. The Kier molecular flexibility index (Phi) is 2.84. The first-order chi connectivity index (χ1) is 9.13. The highest BCUT2D eigenvalue weighted by Gasteiger charge is 2.11. The van der Waals surface area contributed by atoms with Crippen LogP contribution in [0, 0.1) is 0 Å². The highest BCUT2D eigenvalue weighted by molar-refractivity contribution is 6.35. The molecule has 1 aromatic carbocycles. The minimum atomic E-state index is 0.152. The van der Waals surface area contributed by atoms with E-state index in [1.54, 1.807) is 18.2 Å². The summed E-state index contributed by atoms with van der Waals surface area (Å²) in [5.74, 6) is 0.451. The van der Waals surface area contributed by atoms with E-state index < -0.39 is 0 Å². The maximum Gasteiger partial charge on any atom is 0.245 e. The zero-order chi connectivity index (χ0) is 13.4. The molecule has 0 spiro atoms. The number of fused-ring (bicyclic) bond motifs is 1. The van der Waals surface area contributed by atoms with Gasteiger partial charge in [0.25, 0.3) is 0 Å². The zero-order valence-corrected chi connectivity index (χ0v) is 10.8. The van der Waals surface area contributed by atoms with E-state index in [1.807, 2.05) is 0 Å². The van der Waals surface area contributed by atoms with Gasteiger partial charge < -0.3 is 11.1 Å². The Labute approximate surface area is 116 Å². The molecule has 0 bridgehead atoms. The number of nitrogen functional groups attached to an aromatic ring is 1. The van der Waals surface area contributed by atoms with Gasteiger partial charge >= 0.3 is 0 Å². The average molecular weight is 297 g/mol. The molecule has 0 saturated heterocycles. The molecular formula is C10H6Cl2N6O. The fourth-order valence-corrected chi connectivity index (χ4v) is 1.80. The molecule has 0 aliphatic heterocycles. The van der Waals surface area contributed by atoms with Crippen molar-refractivity contribution >= 4 is 51.8 Å². The normalized spacial score (nSPS) is 10.8. The minimum Gasteiger partial charge on any atom is -0.381 e. The van der Waals surface area contributed by atoms with Crippen LogP contribution in [0.25, 0.3) is 11.3 Å². The number of aromatic nitrogens is 4. The summed E-state index contributed by atoms with van der Waals surface area (Å²) >= 11 is 11.9. The standard InChI is InChI=1S/C10H6Cl2N6O/c11-4-1-2-5(12)6(3-4)14-8-7(13)15-9-10(16-8)18-19-17-9/h1-3H,(H2,13,15,17)(H,14,16,18). The molecule has 0 aliphatic rings. The Balaban J connectivity index is 2.04. The summed E-state index contributed by atoms with van der Waals surface area (Å²) < 4.78 is 4.51. The summed E-state index contributed by atoms with van der Waals surface area (Å²) in [5.41, 5.74) is 6.80. The molecular weight excluding hydrogens is 291 g/mol. The van der Waals surface area contributed by atoms with Crippen molar-refractivity contribution in [3.05, 3.63) is 28.2 Å². The van der Waals surface area contributed by atoms with Crippen LogP contribution in [0.15, 0.2) is 22.8 Å². The molecule has 0 fully saturated rings. The summed E-state index contributed by atoms with van der Waals surface area (Å²) in [4.78, 5) is 8.13. The molecule has 7 nitrogen and oxygen atoms in total. The van der Waals surface area contributed by atoms with Crippen LogP contribution in [0.1, 0.15) is 0 Å². The molecule has 0 atom stereocenters. The van der Waals surface area contributed by atoms with Crippen LogP contribution < -0.4 is 11.1 Å². The van der Waals surface area contributed by atoms with Gasteiger partial charge in [0, 0.05) is 5.02 Å². The summed E-state index contributed by atoms with van der Waals surface area (Å²) in [5, 5.41) is 11.1. The Hall–Kier alpha value is -2.12. The highest BCUT2D eigenvalue weighted by Crippen LogP contribution is 2.29. The van der Waals surface area contributed by atoms with Crippen molar-refractivity contribution < 1.29 is 4.63 Å². The Morgan fingerprint density at radius 3 is 2.63 bits per heavy atom. The maximum atomic E-state index is 6.04. The number of nitrogens with zero attached hydrogens (tertiary/aromatic N) is 4. The van der Waals surface area contributed by atoms with E-state index in [2.05, 4.69) is 30.2 Å². The van der Waals surface area contributed by atoms with Gasteiger partial charge in [0.1, 0.15) is 0 Å². The summed E-state index contributed by atoms with van der Waals surface area (Å²) in [7, 11) is 0. The van der Waals surface area contributed by atoms with Gasteiger partial charge in [0.15, 0.2) is 11.6 Å². The average Bonchev–Trinajstić information content (AvgIpc) is 2.81. The van der Waals surface area contributed by atoms with E-state index in [1.165, 1.54) is 0 Å². The van der Waals surface area contributed by atoms with Crippen molar-refractivity contribution in [2.45, 2.75) is 0 Å². The lowest BCUT2D eigenvalue weighted by molar-refractivity contribution is 0.314. The fraction of sp³-hybridized carbons (Fsp3) is 0. The largest absolute Gasteiger partial charge is 0.381 e. The third kappa shape index (κ3) is 2.25. The van der Waals surface area contributed by atoms with Crippen molar-refractivity contribution in [1.82, 2.24) is 20.3 Å². The Morgan fingerprint density at radius 1 is 1.11 bits per heavy atom. The first kappa shape index (κ1) is 11.9. The first-order valence-corrected chi connectivity index (χ1v) is 5.87. The van der Waals surface area contributed by atoms with Gasteiger partial charge in [-0.3, -0.25) is 0 Å². The molecule has 0 saturated carbocycles. The molecule has 3 rings (SSSR count). The van der Waals surface area contributed by atoms with Crippen LogP contribution in [-0.4, -0.2) is 20.3 Å². The number of hydrogen-bond acceptors (Lipinski definition) is 7. The maximum absolute atomic E-state index is 6.04. The van der Waals surface area contributed by atoms with E-state index >= 15 is 0 Å². The lowest BCUT2D eigenvalue weighted by Crippen LogP contribution is -2.02. The van der Waals surface area contributed by atoms with Gasteiger partial charge in [0.2, 0.25) is 11.3 Å². The number of hydrogen-bond donors (Lipinski definition) is 2. The highest BCUT2D eigenvalue weighted by atomic mass is 35.5. The van der Waals surface area contributed by atoms with Crippen molar-refractivity contribution in [1.29, 1.82) is 0 Å². The number of nitrogens with one attached hydrogen (secondary N) is 1. The van der Waals surface area contributed by atoms with Crippen LogP contribution in [-0.2, 0) is 0 Å². The van der Waals surface area contributed by atoms with Gasteiger partial charge in [-0.1, -0.05) is 23.2 Å². The van der Waals surface area contributed by atoms with E-state index in [-0.39, 0.29) is 17.1 Å².